The molecule has 1 saturated heterocycles. The van der Waals surface area contributed by atoms with Gasteiger partial charge in [-0.3, -0.25) is 0 Å². The van der Waals surface area contributed by atoms with Crippen molar-refractivity contribution >= 4 is 27.4 Å². The normalized spacial score (nSPS) is 14.9. The fourth-order valence-corrected chi connectivity index (χ4v) is 4.35. The van der Waals surface area contributed by atoms with E-state index in [0.29, 0.717) is 35.5 Å². The van der Waals surface area contributed by atoms with Gasteiger partial charge in [-0.1, -0.05) is 17.7 Å². The number of ether oxygens (including phenoxy) is 2. The Morgan fingerprint density at radius 2 is 2.00 bits per heavy atom. The topological polar surface area (TPSA) is 93.6 Å². The van der Waals surface area contributed by atoms with Crippen molar-refractivity contribution in [2.75, 3.05) is 44.4 Å². The van der Waals surface area contributed by atoms with Gasteiger partial charge < -0.3 is 14.4 Å². The summed E-state index contributed by atoms with van der Waals surface area (Å²) in [5.41, 5.74) is 0.513. The van der Waals surface area contributed by atoms with E-state index in [2.05, 4.69) is 19.6 Å². The number of rotatable bonds is 7. The van der Waals surface area contributed by atoms with Gasteiger partial charge in [-0.15, -0.1) is 0 Å². The second-order valence-corrected chi connectivity index (χ2v) is 8.46. The highest BCUT2D eigenvalue weighted by atomic mass is 35.5. The van der Waals surface area contributed by atoms with Crippen molar-refractivity contribution in [1.82, 2.24) is 14.7 Å². The van der Waals surface area contributed by atoms with E-state index in [-0.39, 0.29) is 18.0 Å². The molecular weight excluding hydrogens is 404 g/mol. The predicted octanol–water partition coefficient (Wildman–Crippen LogP) is 1.94. The van der Waals surface area contributed by atoms with E-state index in [4.69, 9.17) is 21.1 Å². The Bertz CT molecular complexity index is 933. The first-order valence-corrected chi connectivity index (χ1v) is 10.8. The van der Waals surface area contributed by atoms with E-state index in [0.717, 1.165) is 18.9 Å². The first-order valence-electron chi connectivity index (χ1n) is 8.93. The average Bonchev–Trinajstić information content (AvgIpc) is 2.67. The minimum atomic E-state index is -3.67. The summed E-state index contributed by atoms with van der Waals surface area (Å²) in [5, 5.41) is 0.409. The van der Waals surface area contributed by atoms with Gasteiger partial charge in [0.2, 0.25) is 15.9 Å². The number of anilines is 1. The molecule has 2 aromatic rings. The predicted molar refractivity (Wildman–Crippen MR) is 107 cm³/mol. The molecule has 28 heavy (non-hydrogen) atoms. The lowest BCUT2D eigenvalue weighted by Gasteiger charge is -2.28. The van der Waals surface area contributed by atoms with Crippen LogP contribution in [0.5, 0.6) is 5.88 Å². The second kappa shape index (κ2) is 9.04. The lowest BCUT2D eigenvalue weighted by Crippen LogP contribution is -2.37. The molecule has 1 aliphatic heterocycles. The quantitative estimate of drug-likeness (QED) is 0.676. The maximum absolute atomic E-state index is 12.5. The van der Waals surface area contributed by atoms with Crippen molar-refractivity contribution in [3.63, 3.8) is 0 Å². The van der Waals surface area contributed by atoms with Crippen molar-refractivity contribution in [1.29, 1.82) is 0 Å². The molecule has 0 atom stereocenters. The second-order valence-electron chi connectivity index (χ2n) is 6.32. The molecule has 1 fully saturated rings. The van der Waals surface area contributed by atoms with Crippen molar-refractivity contribution in [2.24, 2.45) is 0 Å². The smallest absolute Gasteiger partial charge is 0.240 e. The molecule has 0 aliphatic carbocycles. The van der Waals surface area contributed by atoms with Gasteiger partial charge in [-0.05, 0) is 31.5 Å². The lowest BCUT2D eigenvalue weighted by atomic mass is 10.2. The molecule has 10 heteroatoms. The summed E-state index contributed by atoms with van der Waals surface area (Å²) in [4.78, 5) is 11.0. The lowest BCUT2D eigenvalue weighted by molar-refractivity contribution is 0.122. The Morgan fingerprint density at radius 3 is 2.75 bits per heavy atom. The van der Waals surface area contributed by atoms with E-state index in [9.17, 15) is 8.42 Å². The number of hydrogen-bond donors (Lipinski definition) is 1. The Kier molecular flexibility index (Phi) is 6.71. The third-order valence-electron chi connectivity index (χ3n) is 4.29. The monoisotopic (exact) mass is 426 g/mol. The molecule has 0 bridgehead atoms. The van der Waals surface area contributed by atoms with E-state index in [1.54, 1.807) is 32.0 Å². The number of aromatic nitrogens is 2. The van der Waals surface area contributed by atoms with Crippen LogP contribution in [0.3, 0.4) is 0 Å². The highest BCUT2D eigenvalue weighted by molar-refractivity contribution is 7.89. The summed E-state index contributed by atoms with van der Waals surface area (Å²) < 4.78 is 38.4. The van der Waals surface area contributed by atoms with Gasteiger partial charge in [0.1, 0.15) is 18.2 Å². The SMILES string of the molecule is Cc1nc(OCCNS(=O)(=O)c2cccc(Cl)c2C)cc(N2CCOCC2)n1. The van der Waals surface area contributed by atoms with Gasteiger partial charge >= 0.3 is 0 Å². The maximum atomic E-state index is 12.5. The Hall–Kier alpha value is -1.94. The van der Waals surface area contributed by atoms with Crippen molar-refractivity contribution in [3.05, 3.63) is 40.7 Å². The summed E-state index contributed by atoms with van der Waals surface area (Å²) >= 11 is 6.01. The van der Waals surface area contributed by atoms with Crippen LogP contribution >= 0.6 is 11.6 Å². The molecule has 3 rings (SSSR count). The number of sulfonamides is 1. The fourth-order valence-electron chi connectivity index (χ4n) is 2.84. The van der Waals surface area contributed by atoms with Crippen LogP contribution < -0.4 is 14.4 Å². The summed E-state index contributed by atoms with van der Waals surface area (Å²) in [6.07, 6.45) is 0. The zero-order valence-electron chi connectivity index (χ0n) is 15.8. The van der Waals surface area contributed by atoms with Gasteiger partial charge in [0.15, 0.2) is 0 Å². The minimum Gasteiger partial charge on any atom is -0.476 e. The van der Waals surface area contributed by atoms with Crippen LogP contribution in [-0.2, 0) is 14.8 Å². The number of halogens is 1. The van der Waals surface area contributed by atoms with Gasteiger partial charge in [0.05, 0.1) is 18.1 Å². The fraction of sp³-hybridized carbons (Fsp3) is 0.444. The van der Waals surface area contributed by atoms with Crippen molar-refractivity contribution in [3.8, 4) is 5.88 Å². The molecule has 152 valence electrons. The maximum Gasteiger partial charge on any atom is 0.240 e. The molecule has 0 unspecified atom stereocenters. The molecule has 1 aromatic carbocycles. The van der Waals surface area contributed by atoms with Gasteiger partial charge in [0, 0.05) is 30.7 Å². The van der Waals surface area contributed by atoms with E-state index in [1.807, 2.05) is 0 Å². The molecule has 0 saturated carbocycles. The molecule has 1 aliphatic rings. The van der Waals surface area contributed by atoms with E-state index < -0.39 is 10.0 Å². The summed E-state index contributed by atoms with van der Waals surface area (Å²) in [5.74, 6) is 1.78. The van der Waals surface area contributed by atoms with Crippen LogP contribution in [0.25, 0.3) is 0 Å². The van der Waals surface area contributed by atoms with Crippen LogP contribution in [0.1, 0.15) is 11.4 Å². The Morgan fingerprint density at radius 1 is 1.25 bits per heavy atom. The Balaban J connectivity index is 1.59. The third kappa shape index (κ3) is 5.11. The summed E-state index contributed by atoms with van der Waals surface area (Å²) in [6.45, 7) is 6.53. The minimum absolute atomic E-state index is 0.101. The van der Waals surface area contributed by atoms with Crippen molar-refractivity contribution < 1.29 is 17.9 Å². The highest BCUT2D eigenvalue weighted by Crippen LogP contribution is 2.22. The molecule has 8 nitrogen and oxygen atoms in total. The zero-order chi connectivity index (χ0) is 20.1. The highest BCUT2D eigenvalue weighted by Gasteiger charge is 2.18. The molecule has 0 amide bonds. The summed E-state index contributed by atoms with van der Waals surface area (Å²) in [7, 11) is -3.67. The molecule has 0 spiro atoms. The summed E-state index contributed by atoms with van der Waals surface area (Å²) in [6, 6.07) is 6.54. The number of hydrogen-bond acceptors (Lipinski definition) is 7. The Labute approximate surface area is 169 Å². The van der Waals surface area contributed by atoms with Crippen LogP contribution in [0.15, 0.2) is 29.2 Å². The largest absolute Gasteiger partial charge is 0.476 e. The average molecular weight is 427 g/mol. The van der Waals surface area contributed by atoms with E-state index in [1.165, 1.54) is 6.07 Å². The number of aryl methyl sites for hydroxylation is 1. The number of nitrogens with one attached hydrogen (secondary N) is 1. The van der Waals surface area contributed by atoms with Crippen LogP contribution in [-0.4, -0.2) is 57.8 Å². The van der Waals surface area contributed by atoms with Crippen LogP contribution in [0, 0.1) is 13.8 Å². The number of nitrogens with zero attached hydrogens (tertiary/aromatic N) is 3. The molecule has 2 heterocycles. The molecule has 0 radical (unpaired) electrons. The van der Waals surface area contributed by atoms with E-state index >= 15 is 0 Å². The molecule has 1 aromatic heterocycles. The van der Waals surface area contributed by atoms with Gasteiger partial charge in [-0.25, -0.2) is 18.1 Å². The molecular formula is C18H23ClN4O4S. The number of benzene rings is 1. The van der Waals surface area contributed by atoms with Crippen LogP contribution in [0.4, 0.5) is 5.82 Å². The van der Waals surface area contributed by atoms with Gasteiger partial charge in [0.25, 0.3) is 0 Å². The standard InChI is InChI=1S/C18H23ClN4O4S/c1-13-15(19)4-3-5-16(13)28(24,25)20-6-9-27-18-12-17(21-14(2)22-18)23-7-10-26-11-8-23/h3-5,12,20H,6-11H2,1-2H3. The van der Waals surface area contributed by atoms with Crippen LogP contribution in [0.2, 0.25) is 5.02 Å². The van der Waals surface area contributed by atoms with Crippen molar-refractivity contribution in [2.45, 2.75) is 18.7 Å². The third-order valence-corrected chi connectivity index (χ3v) is 6.30. The molecule has 1 N–H and O–H groups in total. The first-order chi connectivity index (χ1) is 13.4. The first kappa shape index (κ1) is 20.8. The zero-order valence-corrected chi connectivity index (χ0v) is 17.4. The van der Waals surface area contributed by atoms with Gasteiger partial charge in [-0.2, -0.15) is 4.98 Å². The number of morpholine rings is 1.